The minimum absolute atomic E-state index is 0. The van der Waals surface area contributed by atoms with E-state index in [4.69, 9.17) is 10.5 Å². The first kappa shape index (κ1) is 17.7. The molecule has 19 heavy (non-hydrogen) atoms. The van der Waals surface area contributed by atoms with Crippen molar-refractivity contribution >= 4 is 24.0 Å². The molecule has 4 nitrogen and oxygen atoms in total. The molecule has 0 aliphatic rings. The lowest BCUT2D eigenvalue weighted by atomic mass is 9.87. The van der Waals surface area contributed by atoms with Gasteiger partial charge in [-0.1, -0.05) is 20.8 Å². The summed E-state index contributed by atoms with van der Waals surface area (Å²) >= 11 is 0. The molecule has 0 radical (unpaired) electrons. The van der Waals surface area contributed by atoms with E-state index >= 15 is 0 Å². The second kappa shape index (κ2) is 6.73. The summed E-state index contributed by atoms with van der Waals surface area (Å²) in [6.45, 7) is 5.63. The van der Waals surface area contributed by atoms with Crippen LogP contribution in [0.3, 0.4) is 0 Å². The fraction of sp³-hybridized carbons (Fsp3) is 0.462. The first-order chi connectivity index (χ1) is 8.25. The molecule has 0 saturated carbocycles. The molecule has 1 aromatic carbocycles. The van der Waals surface area contributed by atoms with Gasteiger partial charge < -0.3 is 15.8 Å². The molecule has 108 valence electrons. The maximum Gasteiger partial charge on any atom is 0.241 e. The van der Waals surface area contributed by atoms with Crippen LogP contribution in [-0.2, 0) is 4.79 Å². The number of hydrogen-bond donors (Lipinski definition) is 2. The number of amides is 1. The lowest BCUT2D eigenvalue weighted by molar-refractivity contribution is -0.119. The lowest BCUT2D eigenvalue weighted by Crippen LogP contribution is -2.45. The fourth-order valence-electron chi connectivity index (χ4n) is 1.35. The van der Waals surface area contributed by atoms with Crippen LogP contribution in [-0.4, -0.2) is 19.1 Å². The maximum atomic E-state index is 13.2. The summed E-state index contributed by atoms with van der Waals surface area (Å²) in [5.41, 5.74) is 5.94. The zero-order valence-electron chi connectivity index (χ0n) is 11.5. The van der Waals surface area contributed by atoms with Crippen LogP contribution in [0.25, 0.3) is 0 Å². The Kier molecular flexibility index (Phi) is 6.25. The number of methoxy groups -OCH3 is 1. The molecule has 0 aromatic heterocycles. The van der Waals surface area contributed by atoms with E-state index in [2.05, 4.69) is 5.32 Å². The largest absolute Gasteiger partial charge is 0.494 e. The van der Waals surface area contributed by atoms with E-state index in [1.165, 1.54) is 25.3 Å². The Morgan fingerprint density at radius 2 is 2.00 bits per heavy atom. The molecule has 0 aliphatic carbocycles. The number of benzene rings is 1. The summed E-state index contributed by atoms with van der Waals surface area (Å²) in [6, 6.07) is 3.47. The molecule has 1 aromatic rings. The summed E-state index contributed by atoms with van der Waals surface area (Å²) < 4.78 is 18.0. The number of halogens is 2. The van der Waals surface area contributed by atoms with Crippen molar-refractivity contribution < 1.29 is 13.9 Å². The van der Waals surface area contributed by atoms with Crippen molar-refractivity contribution in [1.82, 2.24) is 0 Å². The summed E-state index contributed by atoms with van der Waals surface area (Å²) in [5, 5.41) is 2.64. The second-order valence-corrected chi connectivity index (χ2v) is 5.18. The average Bonchev–Trinajstić information content (AvgIpc) is 2.29. The van der Waals surface area contributed by atoms with E-state index in [1.54, 1.807) is 0 Å². The fourth-order valence-corrected chi connectivity index (χ4v) is 1.35. The van der Waals surface area contributed by atoms with Gasteiger partial charge in [-0.25, -0.2) is 4.39 Å². The average molecular weight is 291 g/mol. The standard InChI is InChI=1S/C13H19FN2O2.ClH/c1-13(2,3)11(15)12(17)16-8-5-6-9(14)10(7-8)18-4;/h5-7,11H,15H2,1-4H3,(H,16,17);1H/t11-;/m1./s1. The van der Waals surface area contributed by atoms with E-state index in [1.807, 2.05) is 20.8 Å². The van der Waals surface area contributed by atoms with Crippen LogP contribution in [0, 0.1) is 11.2 Å². The minimum Gasteiger partial charge on any atom is -0.494 e. The highest BCUT2D eigenvalue weighted by Crippen LogP contribution is 2.23. The van der Waals surface area contributed by atoms with Crippen molar-refractivity contribution in [3.63, 3.8) is 0 Å². The van der Waals surface area contributed by atoms with Gasteiger partial charge in [-0.05, 0) is 17.5 Å². The van der Waals surface area contributed by atoms with Crippen LogP contribution in [0.2, 0.25) is 0 Å². The SMILES string of the molecule is COc1cc(NC(=O)[C@@H](N)C(C)(C)C)ccc1F.Cl. The van der Waals surface area contributed by atoms with Crippen LogP contribution in [0.15, 0.2) is 18.2 Å². The Morgan fingerprint density at radius 1 is 1.42 bits per heavy atom. The van der Waals surface area contributed by atoms with Gasteiger partial charge in [0.15, 0.2) is 11.6 Å². The van der Waals surface area contributed by atoms with Gasteiger partial charge in [-0.15, -0.1) is 12.4 Å². The number of ether oxygens (including phenoxy) is 1. The number of nitrogens with two attached hydrogens (primary N) is 1. The van der Waals surface area contributed by atoms with E-state index in [9.17, 15) is 9.18 Å². The third-order valence-electron chi connectivity index (χ3n) is 2.63. The van der Waals surface area contributed by atoms with Crippen LogP contribution >= 0.6 is 12.4 Å². The topological polar surface area (TPSA) is 64.3 Å². The van der Waals surface area contributed by atoms with Crippen LogP contribution < -0.4 is 15.8 Å². The van der Waals surface area contributed by atoms with Crippen LogP contribution in [0.5, 0.6) is 5.75 Å². The van der Waals surface area contributed by atoms with Gasteiger partial charge in [0.05, 0.1) is 13.2 Å². The predicted octanol–water partition coefficient (Wildman–Crippen LogP) is 2.57. The van der Waals surface area contributed by atoms with E-state index in [-0.39, 0.29) is 29.5 Å². The molecule has 6 heteroatoms. The van der Waals surface area contributed by atoms with Crippen molar-refractivity contribution in [3.05, 3.63) is 24.0 Å². The van der Waals surface area contributed by atoms with Crippen LogP contribution in [0.1, 0.15) is 20.8 Å². The smallest absolute Gasteiger partial charge is 0.241 e. The zero-order chi connectivity index (χ0) is 13.9. The third-order valence-corrected chi connectivity index (χ3v) is 2.63. The van der Waals surface area contributed by atoms with Gasteiger partial charge in [-0.2, -0.15) is 0 Å². The molecule has 0 fully saturated rings. The highest BCUT2D eigenvalue weighted by molar-refractivity contribution is 5.95. The van der Waals surface area contributed by atoms with Gasteiger partial charge >= 0.3 is 0 Å². The zero-order valence-corrected chi connectivity index (χ0v) is 12.3. The van der Waals surface area contributed by atoms with Gasteiger partial charge in [0.2, 0.25) is 5.91 Å². The number of nitrogens with one attached hydrogen (secondary N) is 1. The highest BCUT2D eigenvalue weighted by Gasteiger charge is 2.27. The van der Waals surface area contributed by atoms with Crippen molar-refractivity contribution in [2.75, 3.05) is 12.4 Å². The molecule has 1 atom stereocenters. The Balaban J connectivity index is 0.00000324. The maximum absolute atomic E-state index is 13.2. The predicted molar refractivity (Wildman–Crippen MR) is 76.3 cm³/mol. The molecular formula is C13H20ClFN2O2. The summed E-state index contributed by atoms with van der Waals surface area (Å²) in [4.78, 5) is 11.9. The molecule has 0 spiro atoms. The molecule has 1 rings (SSSR count). The first-order valence-electron chi connectivity index (χ1n) is 5.65. The monoisotopic (exact) mass is 290 g/mol. The van der Waals surface area contributed by atoms with Gasteiger partial charge in [0.25, 0.3) is 0 Å². The van der Waals surface area contributed by atoms with Crippen molar-refractivity contribution in [3.8, 4) is 5.75 Å². The lowest BCUT2D eigenvalue weighted by Gasteiger charge is -2.25. The van der Waals surface area contributed by atoms with Crippen molar-refractivity contribution in [2.24, 2.45) is 11.1 Å². The molecular weight excluding hydrogens is 271 g/mol. The van der Waals surface area contributed by atoms with Gasteiger partial charge in [0, 0.05) is 11.8 Å². The number of carbonyl (C=O) groups excluding carboxylic acids is 1. The normalized spacial score (nSPS) is 12.3. The van der Waals surface area contributed by atoms with Crippen molar-refractivity contribution in [2.45, 2.75) is 26.8 Å². The number of anilines is 1. The van der Waals surface area contributed by atoms with Gasteiger partial charge in [0.1, 0.15) is 0 Å². The van der Waals surface area contributed by atoms with E-state index < -0.39 is 11.9 Å². The number of carbonyl (C=O) groups is 1. The first-order valence-corrected chi connectivity index (χ1v) is 5.65. The van der Waals surface area contributed by atoms with Crippen LogP contribution in [0.4, 0.5) is 10.1 Å². The minimum atomic E-state index is -0.645. The second-order valence-electron chi connectivity index (χ2n) is 5.18. The molecule has 0 bridgehead atoms. The Labute approximate surface area is 118 Å². The van der Waals surface area contributed by atoms with E-state index in [0.29, 0.717) is 5.69 Å². The molecule has 0 unspecified atom stereocenters. The molecule has 0 aliphatic heterocycles. The molecule has 0 saturated heterocycles. The molecule has 0 heterocycles. The summed E-state index contributed by atoms with van der Waals surface area (Å²) in [6.07, 6.45) is 0. The molecule has 3 N–H and O–H groups in total. The Morgan fingerprint density at radius 3 is 2.47 bits per heavy atom. The van der Waals surface area contributed by atoms with E-state index in [0.717, 1.165) is 0 Å². The Hall–Kier alpha value is -1.33. The van der Waals surface area contributed by atoms with Gasteiger partial charge in [-0.3, -0.25) is 4.79 Å². The Bertz CT molecular complexity index is 447. The third kappa shape index (κ3) is 4.69. The van der Waals surface area contributed by atoms with Crippen molar-refractivity contribution in [1.29, 1.82) is 0 Å². The quantitative estimate of drug-likeness (QED) is 0.899. The number of hydrogen-bond acceptors (Lipinski definition) is 3. The number of rotatable bonds is 3. The molecule has 1 amide bonds. The summed E-state index contributed by atoms with van der Waals surface area (Å²) in [7, 11) is 1.37. The highest BCUT2D eigenvalue weighted by atomic mass is 35.5. The summed E-state index contributed by atoms with van der Waals surface area (Å²) in [5.74, 6) is -0.705.